The molecule has 0 spiro atoms. The third-order valence-corrected chi connectivity index (χ3v) is 5.38. The maximum absolute atomic E-state index is 13.0. The number of ether oxygens (including phenoxy) is 1. The lowest BCUT2D eigenvalue weighted by molar-refractivity contribution is 0.0434. The molecule has 0 N–H and O–H groups in total. The van der Waals surface area contributed by atoms with Crippen LogP contribution in [0.15, 0.2) is 6.07 Å². The Morgan fingerprint density at radius 2 is 1.96 bits per heavy atom. The van der Waals surface area contributed by atoms with Crippen molar-refractivity contribution in [1.82, 2.24) is 20.0 Å². The lowest BCUT2D eigenvalue weighted by atomic mass is 9.95. The Balaban J connectivity index is 2.26. The van der Waals surface area contributed by atoms with E-state index in [0.717, 1.165) is 13.0 Å². The van der Waals surface area contributed by atoms with Gasteiger partial charge in [-0.25, -0.2) is 4.79 Å². The normalized spacial score (nSPS) is 19.2. The summed E-state index contributed by atoms with van der Waals surface area (Å²) in [5.41, 5.74) is 1.20. The Bertz CT molecular complexity index is 673. The number of amides is 1. The minimum atomic E-state index is -0.520. The van der Waals surface area contributed by atoms with E-state index in [-0.39, 0.29) is 11.6 Å². The van der Waals surface area contributed by atoms with Crippen molar-refractivity contribution in [2.24, 2.45) is 11.8 Å². The third-order valence-electron chi connectivity index (χ3n) is 5.38. The number of nitrogens with zero attached hydrogens (tertiary/aromatic N) is 4. The summed E-state index contributed by atoms with van der Waals surface area (Å²) < 4.78 is 4.80. The Kier molecular flexibility index (Phi) is 7.30. The molecular formula is C20H32N4O3. The van der Waals surface area contributed by atoms with Crippen LogP contribution in [-0.4, -0.2) is 71.7 Å². The summed E-state index contributed by atoms with van der Waals surface area (Å²) in [5.74, 6) is 0.188. The van der Waals surface area contributed by atoms with Crippen molar-refractivity contribution in [3.63, 3.8) is 0 Å². The highest BCUT2D eigenvalue weighted by Crippen LogP contribution is 2.20. The lowest BCUT2D eigenvalue weighted by Crippen LogP contribution is -2.55. The predicted octanol–water partition coefficient (Wildman–Crippen LogP) is 2.26. The molecule has 27 heavy (non-hydrogen) atoms. The number of methoxy groups -OCH3 is 1. The van der Waals surface area contributed by atoms with Gasteiger partial charge in [0.25, 0.3) is 5.91 Å². The SMILES string of the molecule is CCC(C)[C@H]1CN(C(=O)c2cc(CC(C)C)c(C(=O)OC)nn2)CCN1C. The summed E-state index contributed by atoms with van der Waals surface area (Å²) in [5, 5.41) is 8.07. The number of likely N-dealkylation sites (N-methyl/N-ethyl adjacent to an activating group) is 1. The van der Waals surface area contributed by atoms with Crippen LogP contribution in [0.25, 0.3) is 0 Å². The molecule has 1 aliphatic heterocycles. The largest absolute Gasteiger partial charge is 0.464 e. The number of hydrogen-bond acceptors (Lipinski definition) is 6. The molecule has 1 unspecified atom stereocenters. The molecule has 1 amide bonds. The molecule has 2 rings (SSSR count). The fraction of sp³-hybridized carbons (Fsp3) is 0.700. The Morgan fingerprint density at radius 3 is 2.56 bits per heavy atom. The van der Waals surface area contributed by atoms with Crippen LogP contribution in [-0.2, 0) is 11.2 Å². The summed E-state index contributed by atoms with van der Waals surface area (Å²) in [6, 6.07) is 2.04. The zero-order chi connectivity index (χ0) is 20.1. The van der Waals surface area contributed by atoms with Gasteiger partial charge < -0.3 is 9.64 Å². The highest BCUT2D eigenvalue weighted by molar-refractivity contribution is 5.94. The van der Waals surface area contributed by atoms with Gasteiger partial charge in [0, 0.05) is 25.7 Å². The van der Waals surface area contributed by atoms with Crippen molar-refractivity contribution < 1.29 is 14.3 Å². The van der Waals surface area contributed by atoms with Crippen LogP contribution in [0.1, 0.15) is 60.7 Å². The molecule has 150 valence electrons. The van der Waals surface area contributed by atoms with Crippen LogP contribution in [0.3, 0.4) is 0 Å². The Morgan fingerprint density at radius 1 is 1.26 bits per heavy atom. The minimum absolute atomic E-state index is 0.120. The van der Waals surface area contributed by atoms with E-state index in [0.29, 0.717) is 48.6 Å². The van der Waals surface area contributed by atoms with E-state index in [1.807, 2.05) is 4.90 Å². The van der Waals surface area contributed by atoms with E-state index in [9.17, 15) is 9.59 Å². The number of carbonyl (C=O) groups excluding carboxylic acids is 2. The molecule has 0 radical (unpaired) electrons. The van der Waals surface area contributed by atoms with Gasteiger partial charge in [0.1, 0.15) is 0 Å². The first-order chi connectivity index (χ1) is 12.8. The molecule has 0 saturated carbocycles. The van der Waals surface area contributed by atoms with Gasteiger partial charge in [-0.2, -0.15) is 0 Å². The van der Waals surface area contributed by atoms with Gasteiger partial charge in [0.15, 0.2) is 11.4 Å². The fourth-order valence-corrected chi connectivity index (χ4v) is 3.53. The number of esters is 1. The standard InChI is InChI=1S/C20H32N4O3/c1-7-14(4)17-12-24(9-8-23(17)5)19(25)16-11-15(10-13(2)3)18(22-21-16)20(26)27-6/h11,13-14,17H,7-10,12H2,1-6H3/t14?,17-/m1/s1. The molecule has 0 aromatic carbocycles. The Labute approximate surface area is 162 Å². The summed E-state index contributed by atoms with van der Waals surface area (Å²) in [6.45, 7) is 10.7. The minimum Gasteiger partial charge on any atom is -0.464 e. The molecule has 1 aromatic heterocycles. The van der Waals surface area contributed by atoms with Crippen LogP contribution in [0.5, 0.6) is 0 Å². The number of aromatic nitrogens is 2. The first-order valence-corrected chi connectivity index (χ1v) is 9.72. The van der Waals surface area contributed by atoms with E-state index in [1.54, 1.807) is 6.07 Å². The number of carbonyl (C=O) groups is 2. The summed E-state index contributed by atoms with van der Waals surface area (Å²) >= 11 is 0. The highest BCUT2D eigenvalue weighted by atomic mass is 16.5. The van der Waals surface area contributed by atoms with E-state index in [1.165, 1.54) is 7.11 Å². The quantitative estimate of drug-likeness (QED) is 0.709. The zero-order valence-corrected chi connectivity index (χ0v) is 17.4. The Hall–Kier alpha value is -2.02. The smallest absolute Gasteiger partial charge is 0.358 e. The van der Waals surface area contributed by atoms with Crippen LogP contribution in [0, 0.1) is 11.8 Å². The second-order valence-corrected chi connectivity index (χ2v) is 7.88. The second kappa shape index (κ2) is 9.26. The van der Waals surface area contributed by atoms with Crippen LogP contribution in [0.4, 0.5) is 0 Å². The third kappa shape index (κ3) is 5.03. The van der Waals surface area contributed by atoms with Gasteiger partial charge in [-0.3, -0.25) is 9.69 Å². The van der Waals surface area contributed by atoms with E-state index >= 15 is 0 Å². The molecule has 0 bridgehead atoms. The molecule has 1 fully saturated rings. The first kappa shape index (κ1) is 21.3. The molecule has 1 aromatic rings. The van der Waals surface area contributed by atoms with Crippen molar-refractivity contribution in [1.29, 1.82) is 0 Å². The van der Waals surface area contributed by atoms with Gasteiger partial charge >= 0.3 is 5.97 Å². The second-order valence-electron chi connectivity index (χ2n) is 7.88. The van der Waals surface area contributed by atoms with E-state index < -0.39 is 5.97 Å². The van der Waals surface area contributed by atoms with Crippen LogP contribution in [0.2, 0.25) is 0 Å². The van der Waals surface area contributed by atoms with Gasteiger partial charge in [-0.15, -0.1) is 10.2 Å². The predicted molar refractivity (Wildman–Crippen MR) is 104 cm³/mol. The first-order valence-electron chi connectivity index (χ1n) is 9.72. The number of piperazine rings is 1. The molecule has 7 nitrogen and oxygen atoms in total. The fourth-order valence-electron chi connectivity index (χ4n) is 3.53. The zero-order valence-electron chi connectivity index (χ0n) is 17.4. The lowest BCUT2D eigenvalue weighted by Gasteiger charge is -2.42. The van der Waals surface area contributed by atoms with Crippen LogP contribution >= 0.6 is 0 Å². The topological polar surface area (TPSA) is 75.6 Å². The van der Waals surface area contributed by atoms with Gasteiger partial charge in [-0.05, 0) is 36.9 Å². The highest BCUT2D eigenvalue weighted by Gasteiger charge is 2.31. The van der Waals surface area contributed by atoms with E-state index in [2.05, 4.69) is 49.8 Å². The van der Waals surface area contributed by atoms with Crippen molar-refractivity contribution >= 4 is 11.9 Å². The average molecular weight is 377 g/mol. The van der Waals surface area contributed by atoms with Crippen molar-refractivity contribution in [3.8, 4) is 0 Å². The van der Waals surface area contributed by atoms with Crippen molar-refractivity contribution in [2.45, 2.75) is 46.6 Å². The van der Waals surface area contributed by atoms with Crippen molar-refractivity contribution in [2.75, 3.05) is 33.8 Å². The number of hydrogen-bond donors (Lipinski definition) is 0. The molecule has 7 heteroatoms. The van der Waals surface area contributed by atoms with E-state index in [4.69, 9.17) is 4.74 Å². The maximum Gasteiger partial charge on any atom is 0.358 e. The van der Waals surface area contributed by atoms with Crippen LogP contribution < -0.4 is 0 Å². The number of rotatable bonds is 6. The monoisotopic (exact) mass is 376 g/mol. The molecule has 2 heterocycles. The summed E-state index contributed by atoms with van der Waals surface area (Å²) in [4.78, 5) is 29.2. The molecule has 2 atom stereocenters. The molecule has 1 aliphatic rings. The molecule has 0 aliphatic carbocycles. The average Bonchev–Trinajstić information content (AvgIpc) is 2.66. The van der Waals surface area contributed by atoms with Gasteiger partial charge in [-0.1, -0.05) is 34.1 Å². The van der Waals surface area contributed by atoms with Gasteiger partial charge in [0.2, 0.25) is 0 Å². The molecular weight excluding hydrogens is 344 g/mol. The van der Waals surface area contributed by atoms with Gasteiger partial charge in [0.05, 0.1) is 7.11 Å². The molecule has 1 saturated heterocycles. The maximum atomic E-state index is 13.0. The summed E-state index contributed by atoms with van der Waals surface area (Å²) in [7, 11) is 3.44. The van der Waals surface area contributed by atoms with Crippen molar-refractivity contribution in [3.05, 3.63) is 23.0 Å². The summed E-state index contributed by atoms with van der Waals surface area (Å²) in [6.07, 6.45) is 1.71.